The predicted octanol–water partition coefficient (Wildman–Crippen LogP) is 4.17. The highest BCUT2D eigenvalue weighted by atomic mass is 16.5. The van der Waals surface area contributed by atoms with Gasteiger partial charge in [-0.2, -0.15) is 0 Å². The number of phenolic OH excluding ortho intramolecular Hbond substituents is 1. The average molecular weight is 368 g/mol. The Morgan fingerprint density at radius 3 is 2.59 bits per heavy atom. The molecule has 0 aliphatic heterocycles. The van der Waals surface area contributed by atoms with Gasteiger partial charge < -0.3 is 15.2 Å². The van der Waals surface area contributed by atoms with Crippen LogP contribution in [0.3, 0.4) is 0 Å². The first-order valence-electron chi connectivity index (χ1n) is 9.62. The zero-order valence-corrected chi connectivity index (χ0v) is 15.9. The lowest BCUT2D eigenvalue weighted by Gasteiger charge is -2.31. The first kappa shape index (κ1) is 19.2. The van der Waals surface area contributed by atoms with Crippen LogP contribution in [0.5, 0.6) is 11.5 Å². The Labute approximate surface area is 161 Å². The number of rotatable bonds is 7. The Bertz CT molecular complexity index is 757. The number of hydrogen-bond acceptors (Lipinski definition) is 4. The fourth-order valence-electron chi connectivity index (χ4n) is 3.61. The van der Waals surface area contributed by atoms with Crippen molar-refractivity contribution in [1.29, 1.82) is 0 Å². The van der Waals surface area contributed by atoms with Gasteiger partial charge in [0.25, 0.3) is 5.91 Å². The summed E-state index contributed by atoms with van der Waals surface area (Å²) in [6.07, 6.45) is 6.45. The average Bonchev–Trinajstić information content (AvgIpc) is 2.69. The normalized spacial score (nSPS) is 14.9. The molecule has 2 N–H and O–H groups in total. The maximum Gasteiger partial charge on any atom is 0.262 e. The van der Waals surface area contributed by atoms with Gasteiger partial charge in [-0.15, -0.1) is 0 Å². The summed E-state index contributed by atoms with van der Waals surface area (Å²) < 4.78 is 5.41. The van der Waals surface area contributed by atoms with Gasteiger partial charge in [0.2, 0.25) is 0 Å². The van der Waals surface area contributed by atoms with E-state index in [2.05, 4.69) is 23.3 Å². The maximum absolute atomic E-state index is 12.3. The van der Waals surface area contributed by atoms with Crippen molar-refractivity contribution in [3.63, 3.8) is 0 Å². The van der Waals surface area contributed by atoms with E-state index in [-0.39, 0.29) is 18.3 Å². The maximum atomic E-state index is 12.3. The summed E-state index contributed by atoms with van der Waals surface area (Å²) in [4.78, 5) is 14.7. The quantitative estimate of drug-likeness (QED) is 0.770. The molecule has 0 radical (unpaired) electrons. The number of anilines is 1. The Balaban J connectivity index is 1.58. The highest BCUT2D eigenvalue weighted by Gasteiger charge is 2.19. The van der Waals surface area contributed by atoms with Gasteiger partial charge in [-0.25, -0.2) is 0 Å². The Hall–Kier alpha value is -2.53. The van der Waals surface area contributed by atoms with Crippen LogP contribution >= 0.6 is 0 Å². The van der Waals surface area contributed by atoms with Crippen molar-refractivity contribution in [2.24, 2.45) is 0 Å². The van der Waals surface area contributed by atoms with Crippen molar-refractivity contribution in [3.8, 4) is 11.5 Å². The number of ether oxygens (including phenoxy) is 1. The zero-order valence-electron chi connectivity index (χ0n) is 15.9. The van der Waals surface area contributed by atoms with Crippen LogP contribution in [-0.4, -0.2) is 35.6 Å². The molecule has 5 heteroatoms. The van der Waals surface area contributed by atoms with Crippen molar-refractivity contribution in [2.75, 3.05) is 19.0 Å². The number of carbonyl (C=O) groups is 1. The topological polar surface area (TPSA) is 61.8 Å². The second-order valence-corrected chi connectivity index (χ2v) is 7.17. The first-order valence-corrected chi connectivity index (χ1v) is 9.62. The van der Waals surface area contributed by atoms with E-state index in [4.69, 9.17) is 4.74 Å². The van der Waals surface area contributed by atoms with Crippen LogP contribution in [-0.2, 0) is 11.3 Å². The third-order valence-electron chi connectivity index (χ3n) is 5.13. The van der Waals surface area contributed by atoms with E-state index in [0.717, 1.165) is 17.8 Å². The molecular weight excluding hydrogens is 340 g/mol. The molecule has 0 heterocycles. The number of benzene rings is 2. The smallest absolute Gasteiger partial charge is 0.262 e. The minimum atomic E-state index is -0.244. The largest absolute Gasteiger partial charge is 0.504 e. The van der Waals surface area contributed by atoms with Gasteiger partial charge in [-0.1, -0.05) is 49.6 Å². The van der Waals surface area contributed by atoms with Crippen molar-refractivity contribution < 1.29 is 14.6 Å². The molecule has 0 aromatic heterocycles. The predicted molar refractivity (Wildman–Crippen MR) is 107 cm³/mol. The van der Waals surface area contributed by atoms with E-state index < -0.39 is 0 Å². The van der Waals surface area contributed by atoms with Crippen LogP contribution in [0.4, 0.5) is 5.69 Å². The zero-order chi connectivity index (χ0) is 19.1. The molecule has 144 valence electrons. The Morgan fingerprint density at radius 1 is 1.11 bits per heavy atom. The number of hydrogen-bond donors (Lipinski definition) is 2. The van der Waals surface area contributed by atoms with Crippen molar-refractivity contribution in [2.45, 2.75) is 44.7 Å². The second-order valence-electron chi connectivity index (χ2n) is 7.17. The van der Waals surface area contributed by atoms with E-state index in [9.17, 15) is 9.90 Å². The molecular formula is C22H28N2O3. The van der Waals surface area contributed by atoms with Gasteiger partial charge in [-0.05, 0) is 43.7 Å². The number of para-hydroxylation sites is 3. The van der Waals surface area contributed by atoms with Gasteiger partial charge in [-0.3, -0.25) is 9.69 Å². The monoisotopic (exact) mass is 368 g/mol. The Morgan fingerprint density at radius 2 is 1.81 bits per heavy atom. The lowest BCUT2D eigenvalue weighted by molar-refractivity contribution is -0.118. The third kappa shape index (κ3) is 5.47. The molecule has 1 amide bonds. The van der Waals surface area contributed by atoms with E-state index >= 15 is 0 Å². The van der Waals surface area contributed by atoms with E-state index in [1.54, 1.807) is 18.2 Å². The summed E-state index contributed by atoms with van der Waals surface area (Å²) in [5.41, 5.74) is 1.91. The van der Waals surface area contributed by atoms with E-state index in [1.165, 1.54) is 38.2 Å². The molecule has 0 unspecified atom stereocenters. The minimum absolute atomic E-state index is 0.0276. The number of phenols is 1. The highest BCUT2D eigenvalue weighted by Crippen LogP contribution is 2.26. The summed E-state index contributed by atoms with van der Waals surface area (Å²) in [6.45, 7) is 0.659. The van der Waals surface area contributed by atoms with Crippen molar-refractivity contribution in [1.82, 2.24) is 4.90 Å². The van der Waals surface area contributed by atoms with Crippen LogP contribution in [0.25, 0.3) is 0 Å². The van der Waals surface area contributed by atoms with Crippen LogP contribution in [0.2, 0.25) is 0 Å². The third-order valence-corrected chi connectivity index (χ3v) is 5.13. The molecule has 1 aliphatic rings. The summed E-state index contributed by atoms with van der Waals surface area (Å²) in [7, 11) is 2.16. The van der Waals surface area contributed by atoms with Crippen LogP contribution in [0.15, 0.2) is 48.5 Å². The van der Waals surface area contributed by atoms with Crippen molar-refractivity contribution in [3.05, 3.63) is 54.1 Å². The fourth-order valence-corrected chi connectivity index (χ4v) is 3.61. The van der Waals surface area contributed by atoms with E-state index in [1.807, 2.05) is 18.2 Å². The molecule has 0 atom stereocenters. The van der Waals surface area contributed by atoms with Crippen LogP contribution in [0, 0.1) is 0 Å². The lowest BCUT2D eigenvalue weighted by atomic mass is 9.94. The Kier molecular flexibility index (Phi) is 6.71. The SMILES string of the molecule is CN(Cc1ccccc1NC(=O)COc1ccccc1O)C1CCCCC1. The molecule has 0 spiro atoms. The molecule has 2 aromatic carbocycles. The molecule has 27 heavy (non-hydrogen) atoms. The number of nitrogens with one attached hydrogen (secondary N) is 1. The second kappa shape index (κ2) is 9.42. The number of aromatic hydroxyl groups is 1. The summed E-state index contributed by atoms with van der Waals surface area (Å²) >= 11 is 0. The molecule has 3 rings (SSSR count). The molecule has 2 aromatic rings. The number of carbonyl (C=O) groups excluding carboxylic acids is 1. The highest BCUT2D eigenvalue weighted by molar-refractivity contribution is 5.92. The minimum Gasteiger partial charge on any atom is -0.504 e. The summed E-state index contributed by atoms with van der Waals surface area (Å²) in [6, 6.07) is 15.1. The molecule has 1 saturated carbocycles. The first-order chi connectivity index (χ1) is 13.1. The van der Waals surface area contributed by atoms with E-state index in [0.29, 0.717) is 11.8 Å². The molecule has 1 aliphatic carbocycles. The van der Waals surface area contributed by atoms with Gasteiger partial charge >= 0.3 is 0 Å². The van der Waals surface area contributed by atoms with Crippen molar-refractivity contribution >= 4 is 11.6 Å². The standard InChI is InChI=1S/C22H28N2O3/c1-24(18-10-3-2-4-11-18)15-17-9-5-6-12-19(17)23-22(26)16-27-21-14-8-7-13-20(21)25/h5-9,12-14,18,25H,2-4,10-11,15-16H2,1H3,(H,23,26). The summed E-state index contributed by atoms with van der Waals surface area (Å²) in [5, 5.41) is 12.7. The lowest BCUT2D eigenvalue weighted by Crippen LogP contribution is -2.33. The van der Waals surface area contributed by atoms with Gasteiger partial charge in [0.05, 0.1) is 0 Å². The summed E-state index contributed by atoms with van der Waals surface area (Å²) in [5.74, 6) is 0.0868. The molecule has 5 nitrogen and oxygen atoms in total. The molecule has 0 bridgehead atoms. The molecule has 0 saturated heterocycles. The van der Waals surface area contributed by atoms with Crippen LogP contribution in [0.1, 0.15) is 37.7 Å². The molecule has 1 fully saturated rings. The number of nitrogens with zero attached hydrogens (tertiary/aromatic N) is 1. The van der Waals surface area contributed by atoms with Crippen LogP contribution < -0.4 is 10.1 Å². The fraction of sp³-hybridized carbons (Fsp3) is 0.409. The van der Waals surface area contributed by atoms with Gasteiger partial charge in [0.15, 0.2) is 18.1 Å². The van der Waals surface area contributed by atoms with Gasteiger partial charge in [0, 0.05) is 18.3 Å². The number of amides is 1. The van der Waals surface area contributed by atoms with Gasteiger partial charge in [0.1, 0.15) is 0 Å².